The second-order valence-corrected chi connectivity index (χ2v) is 8.33. The first-order valence-corrected chi connectivity index (χ1v) is 10.8. The molecule has 1 aliphatic heterocycles. The van der Waals surface area contributed by atoms with E-state index in [9.17, 15) is 9.59 Å². The molecule has 2 aromatic heterocycles. The molecule has 0 aliphatic carbocycles. The van der Waals surface area contributed by atoms with Gasteiger partial charge in [0.05, 0.1) is 12.2 Å². The van der Waals surface area contributed by atoms with Crippen LogP contribution in [0.25, 0.3) is 11.3 Å². The van der Waals surface area contributed by atoms with Crippen LogP contribution >= 0.6 is 11.3 Å². The molecule has 3 aromatic rings. The van der Waals surface area contributed by atoms with Crippen molar-refractivity contribution in [2.24, 2.45) is 5.92 Å². The van der Waals surface area contributed by atoms with E-state index in [1.165, 1.54) is 4.88 Å². The highest BCUT2D eigenvalue weighted by Crippen LogP contribution is 2.24. The van der Waals surface area contributed by atoms with Crippen molar-refractivity contribution >= 4 is 28.8 Å². The van der Waals surface area contributed by atoms with Crippen LogP contribution in [0, 0.1) is 5.92 Å². The zero-order valence-corrected chi connectivity index (χ0v) is 17.0. The zero-order valence-electron chi connectivity index (χ0n) is 16.2. The van der Waals surface area contributed by atoms with Gasteiger partial charge in [0.2, 0.25) is 11.8 Å². The first-order chi connectivity index (χ1) is 14.2. The quantitative estimate of drug-likeness (QED) is 0.636. The van der Waals surface area contributed by atoms with E-state index in [4.69, 9.17) is 4.42 Å². The highest BCUT2D eigenvalue weighted by Gasteiger charge is 2.28. The van der Waals surface area contributed by atoms with Gasteiger partial charge >= 0.3 is 0 Å². The van der Waals surface area contributed by atoms with Crippen LogP contribution in [-0.2, 0) is 16.0 Å². The summed E-state index contributed by atoms with van der Waals surface area (Å²) in [6, 6.07) is 15.4. The van der Waals surface area contributed by atoms with Crippen molar-refractivity contribution in [2.75, 3.05) is 18.4 Å². The van der Waals surface area contributed by atoms with E-state index in [0.717, 1.165) is 42.8 Å². The Morgan fingerprint density at radius 2 is 2.00 bits per heavy atom. The SMILES string of the molecule is O=C(Nc1ccc(-c2ccco2)cc1)[C@@H]1CCCN(C(=O)CCc2cccs2)C1. The van der Waals surface area contributed by atoms with Crippen molar-refractivity contribution in [1.29, 1.82) is 0 Å². The number of hydrogen-bond acceptors (Lipinski definition) is 4. The zero-order chi connectivity index (χ0) is 20.1. The summed E-state index contributed by atoms with van der Waals surface area (Å²) in [5.41, 5.74) is 1.72. The van der Waals surface area contributed by atoms with Gasteiger partial charge in [0.25, 0.3) is 0 Å². The lowest BCUT2D eigenvalue weighted by Gasteiger charge is -2.32. The number of likely N-dealkylation sites (tertiary alicyclic amines) is 1. The van der Waals surface area contributed by atoms with Crippen molar-refractivity contribution in [2.45, 2.75) is 25.7 Å². The molecule has 2 amide bonds. The Balaban J connectivity index is 1.30. The first kappa shape index (κ1) is 19.5. The largest absolute Gasteiger partial charge is 0.464 e. The maximum atomic E-state index is 12.7. The smallest absolute Gasteiger partial charge is 0.229 e. The molecular weight excluding hydrogens is 384 g/mol. The minimum absolute atomic E-state index is 0.0218. The Labute approximate surface area is 174 Å². The van der Waals surface area contributed by atoms with Gasteiger partial charge in [-0.15, -0.1) is 11.3 Å². The third kappa shape index (κ3) is 4.95. The maximum absolute atomic E-state index is 12.7. The average molecular weight is 409 g/mol. The number of amides is 2. The molecule has 0 unspecified atom stereocenters. The molecule has 1 fully saturated rings. The Morgan fingerprint density at radius 3 is 2.72 bits per heavy atom. The van der Waals surface area contributed by atoms with Crippen LogP contribution < -0.4 is 5.32 Å². The Hall–Kier alpha value is -2.86. The lowest BCUT2D eigenvalue weighted by Crippen LogP contribution is -2.43. The second-order valence-electron chi connectivity index (χ2n) is 7.30. The van der Waals surface area contributed by atoms with Crippen molar-refractivity contribution in [1.82, 2.24) is 4.90 Å². The number of anilines is 1. The van der Waals surface area contributed by atoms with E-state index in [1.54, 1.807) is 17.6 Å². The van der Waals surface area contributed by atoms with Crippen LogP contribution in [0.5, 0.6) is 0 Å². The molecule has 0 bridgehead atoms. The lowest BCUT2D eigenvalue weighted by molar-refractivity contribution is -0.134. The molecule has 1 atom stereocenters. The summed E-state index contributed by atoms with van der Waals surface area (Å²) >= 11 is 1.68. The standard InChI is InChI=1S/C23H24N2O3S/c26-22(12-11-20-5-3-15-29-20)25-13-1-4-18(16-25)23(27)24-19-9-7-17(8-10-19)21-6-2-14-28-21/h2-3,5-10,14-15,18H,1,4,11-13,16H2,(H,24,27)/t18-/m1/s1. The number of nitrogens with zero attached hydrogens (tertiary/aromatic N) is 1. The van der Waals surface area contributed by atoms with Crippen LogP contribution in [0.15, 0.2) is 64.6 Å². The number of aryl methyl sites for hydroxylation is 1. The van der Waals surface area contributed by atoms with Crippen LogP contribution in [0.1, 0.15) is 24.1 Å². The van der Waals surface area contributed by atoms with Crippen molar-refractivity contribution < 1.29 is 14.0 Å². The van der Waals surface area contributed by atoms with E-state index < -0.39 is 0 Å². The van der Waals surface area contributed by atoms with Gasteiger partial charge in [0, 0.05) is 35.6 Å². The normalized spacial score (nSPS) is 16.6. The van der Waals surface area contributed by atoms with Gasteiger partial charge < -0.3 is 14.6 Å². The molecule has 5 nitrogen and oxygen atoms in total. The molecule has 3 heterocycles. The van der Waals surface area contributed by atoms with E-state index in [0.29, 0.717) is 13.0 Å². The molecule has 6 heteroatoms. The number of benzene rings is 1. The Morgan fingerprint density at radius 1 is 1.14 bits per heavy atom. The lowest BCUT2D eigenvalue weighted by atomic mass is 9.96. The maximum Gasteiger partial charge on any atom is 0.229 e. The third-order valence-corrected chi connectivity index (χ3v) is 6.20. The number of carbonyl (C=O) groups is 2. The summed E-state index contributed by atoms with van der Waals surface area (Å²) in [6.07, 6.45) is 4.59. The van der Waals surface area contributed by atoms with Gasteiger partial charge in [-0.25, -0.2) is 0 Å². The van der Waals surface area contributed by atoms with Gasteiger partial charge in [0.15, 0.2) is 0 Å². The summed E-state index contributed by atoms with van der Waals surface area (Å²) in [5, 5.41) is 5.02. The van der Waals surface area contributed by atoms with E-state index in [-0.39, 0.29) is 17.7 Å². The molecular formula is C23H24N2O3S. The number of thiophene rings is 1. The minimum Gasteiger partial charge on any atom is -0.464 e. The van der Waals surface area contributed by atoms with Gasteiger partial charge in [-0.1, -0.05) is 6.07 Å². The third-order valence-electron chi connectivity index (χ3n) is 5.27. The molecule has 0 spiro atoms. The molecule has 1 aromatic carbocycles. The highest BCUT2D eigenvalue weighted by molar-refractivity contribution is 7.09. The molecule has 1 N–H and O–H groups in total. The van der Waals surface area contributed by atoms with Crippen LogP contribution in [0.4, 0.5) is 5.69 Å². The van der Waals surface area contributed by atoms with Crippen LogP contribution in [0.3, 0.4) is 0 Å². The van der Waals surface area contributed by atoms with Gasteiger partial charge in [-0.2, -0.15) is 0 Å². The number of piperidine rings is 1. The van der Waals surface area contributed by atoms with Gasteiger partial charge in [0.1, 0.15) is 5.76 Å². The summed E-state index contributed by atoms with van der Waals surface area (Å²) in [5.74, 6) is 0.747. The Bertz CT molecular complexity index is 933. The van der Waals surface area contributed by atoms with E-state index >= 15 is 0 Å². The minimum atomic E-state index is -0.167. The monoisotopic (exact) mass is 408 g/mol. The second kappa shape index (κ2) is 9.09. The Kier molecular flexibility index (Phi) is 6.10. The molecule has 150 valence electrons. The van der Waals surface area contributed by atoms with Crippen LogP contribution in [-0.4, -0.2) is 29.8 Å². The fourth-order valence-corrected chi connectivity index (χ4v) is 4.37. The van der Waals surface area contributed by atoms with Gasteiger partial charge in [-0.05, 0) is 67.1 Å². The highest BCUT2D eigenvalue weighted by atomic mass is 32.1. The topological polar surface area (TPSA) is 62.6 Å². The fourth-order valence-electron chi connectivity index (χ4n) is 3.67. The van der Waals surface area contributed by atoms with Crippen molar-refractivity contribution in [3.8, 4) is 11.3 Å². The number of rotatable bonds is 6. The van der Waals surface area contributed by atoms with E-state index in [1.807, 2.05) is 52.7 Å². The summed E-state index contributed by atoms with van der Waals surface area (Å²) in [4.78, 5) is 28.4. The average Bonchev–Trinajstić information content (AvgIpc) is 3.47. The molecule has 0 radical (unpaired) electrons. The summed E-state index contributed by atoms with van der Waals surface area (Å²) < 4.78 is 5.39. The molecule has 29 heavy (non-hydrogen) atoms. The number of carbonyl (C=O) groups excluding carboxylic acids is 2. The van der Waals surface area contributed by atoms with E-state index in [2.05, 4.69) is 11.4 Å². The first-order valence-electron chi connectivity index (χ1n) is 9.94. The van der Waals surface area contributed by atoms with Crippen molar-refractivity contribution in [3.05, 3.63) is 65.1 Å². The predicted octanol–water partition coefficient (Wildman–Crippen LogP) is 4.82. The molecule has 4 rings (SSSR count). The van der Waals surface area contributed by atoms with Crippen LogP contribution in [0.2, 0.25) is 0 Å². The van der Waals surface area contributed by atoms with Gasteiger partial charge in [-0.3, -0.25) is 9.59 Å². The fraction of sp³-hybridized carbons (Fsp3) is 0.304. The van der Waals surface area contributed by atoms with Crippen molar-refractivity contribution in [3.63, 3.8) is 0 Å². The summed E-state index contributed by atoms with van der Waals surface area (Å²) in [6.45, 7) is 1.24. The predicted molar refractivity (Wildman–Crippen MR) is 115 cm³/mol. The molecule has 1 aliphatic rings. The molecule has 0 saturated carbocycles. The summed E-state index contributed by atoms with van der Waals surface area (Å²) in [7, 11) is 0. The number of furan rings is 1. The number of nitrogens with one attached hydrogen (secondary N) is 1. The number of hydrogen-bond donors (Lipinski definition) is 1. The molecule has 1 saturated heterocycles.